The standard InChI is InChI=1S/C14H19NO5/c1-5-18-13(17)19-11-9(7-6-8-10(11)15)12(16)20-14(2,3)4/h6-8H,5,15H2,1-4H3. The third kappa shape index (κ3) is 4.46. The summed E-state index contributed by atoms with van der Waals surface area (Å²) in [4.78, 5) is 23.4. The number of ether oxygens (including phenoxy) is 3. The van der Waals surface area contributed by atoms with Crippen LogP contribution >= 0.6 is 0 Å². The Morgan fingerprint density at radius 2 is 1.90 bits per heavy atom. The first-order valence-electron chi connectivity index (χ1n) is 6.21. The van der Waals surface area contributed by atoms with Crippen LogP contribution in [0.4, 0.5) is 10.5 Å². The molecule has 1 aromatic carbocycles. The third-order valence-corrected chi connectivity index (χ3v) is 2.11. The molecule has 0 atom stereocenters. The summed E-state index contributed by atoms with van der Waals surface area (Å²) in [7, 11) is 0. The summed E-state index contributed by atoms with van der Waals surface area (Å²) in [5.74, 6) is -0.677. The van der Waals surface area contributed by atoms with E-state index in [1.807, 2.05) is 0 Å². The molecule has 6 heteroatoms. The molecule has 0 aliphatic heterocycles. The lowest BCUT2D eigenvalue weighted by atomic mass is 10.1. The average Bonchev–Trinajstić information content (AvgIpc) is 2.29. The molecule has 0 bridgehead atoms. The molecule has 0 saturated carbocycles. The van der Waals surface area contributed by atoms with Crippen LogP contribution in [-0.4, -0.2) is 24.3 Å². The summed E-state index contributed by atoms with van der Waals surface area (Å²) in [5.41, 5.74) is 5.29. The quantitative estimate of drug-likeness (QED) is 0.520. The number of esters is 1. The Bertz CT molecular complexity index is 505. The first kappa shape index (κ1) is 15.8. The highest BCUT2D eigenvalue weighted by molar-refractivity contribution is 5.95. The molecule has 0 aromatic heterocycles. The van der Waals surface area contributed by atoms with Gasteiger partial charge in [0.05, 0.1) is 12.3 Å². The Labute approximate surface area is 117 Å². The van der Waals surface area contributed by atoms with Gasteiger partial charge in [-0.15, -0.1) is 0 Å². The molecule has 1 aromatic rings. The summed E-state index contributed by atoms with van der Waals surface area (Å²) in [5, 5.41) is 0. The molecule has 6 nitrogen and oxygen atoms in total. The van der Waals surface area contributed by atoms with Crippen molar-refractivity contribution in [3.63, 3.8) is 0 Å². The second-order valence-corrected chi connectivity index (χ2v) is 5.01. The maximum absolute atomic E-state index is 12.1. The van der Waals surface area contributed by atoms with Crippen LogP contribution in [0.5, 0.6) is 5.75 Å². The highest BCUT2D eigenvalue weighted by atomic mass is 16.7. The van der Waals surface area contributed by atoms with Crippen LogP contribution in [0.25, 0.3) is 0 Å². The van der Waals surface area contributed by atoms with Gasteiger partial charge in [-0.25, -0.2) is 9.59 Å². The van der Waals surface area contributed by atoms with Crippen molar-refractivity contribution in [2.75, 3.05) is 12.3 Å². The van der Waals surface area contributed by atoms with E-state index in [2.05, 4.69) is 4.74 Å². The molecule has 110 valence electrons. The number of benzene rings is 1. The number of hydrogen-bond donors (Lipinski definition) is 1. The van der Waals surface area contributed by atoms with Gasteiger partial charge < -0.3 is 19.9 Å². The summed E-state index contributed by atoms with van der Waals surface area (Å²) in [6.45, 7) is 7.02. The largest absolute Gasteiger partial charge is 0.513 e. The normalized spacial score (nSPS) is 10.8. The maximum Gasteiger partial charge on any atom is 0.513 e. The first-order chi connectivity index (χ1) is 9.24. The summed E-state index contributed by atoms with van der Waals surface area (Å²) in [6.07, 6.45) is -0.921. The van der Waals surface area contributed by atoms with Gasteiger partial charge in [0.25, 0.3) is 0 Å². The van der Waals surface area contributed by atoms with E-state index in [1.165, 1.54) is 12.1 Å². The van der Waals surface area contributed by atoms with E-state index in [-0.39, 0.29) is 23.6 Å². The van der Waals surface area contributed by atoms with Crippen LogP contribution in [-0.2, 0) is 9.47 Å². The van der Waals surface area contributed by atoms with Crippen molar-refractivity contribution in [3.8, 4) is 5.75 Å². The minimum absolute atomic E-state index is 0.0554. The van der Waals surface area contributed by atoms with Gasteiger partial charge in [0.15, 0.2) is 5.75 Å². The molecule has 0 unspecified atom stereocenters. The first-order valence-corrected chi connectivity index (χ1v) is 6.21. The molecule has 2 N–H and O–H groups in total. The zero-order valence-corrected chi connectivity index (χ0v) is 12.1. The van der Waals surface area contributed by atoms with Gasteiger partial charge in [0.2, 0.25) is 0 Å². The van der Waals surface area contributed by atoms with Crippen molar-refractivity contribution in [1.82, 2.24) is 0 Å². The number of rotatable bonds is 3. The minimum atomic E-state index is -0.921. The smallest absolute Gasteiger partial charge is 0.456 e. The minimum Gasteiger partial charge on any atom is -0.456 e. The zero-order chi connectivity index (χ0) is 15.3. The van der Waals surface area contributed by atoms with E-state index in [1.54, 1.807) is 33.8 Å². The summed E-state index contributed by atoms with van der Waals surface area (Å²) >= 11 is 0. The SMILES string of the molecule is CCOC(=O)Oc1c(N)cccc1C(=O)OC(C)(C)C. The molecule has 0 fully saturated rings. The molecule has 0 aliphatic rings. The van der Waals surface area contributed by atoms with E-state index in [9.17, 15) is 9.59 Å². The number of carbonyl (C=O) groups is 2. The van der Waals surface area contributed by atoms with Crippen LogP contribution in [0.1, 0.15) is 38.1 Å². The molecule has 0 spiro atoms. The Balaban J connectivity index is 3.05. The van der Waals surface area contributed by atoms with Gasteiger partial charge in [-0.05, 0) is 39.8 Å². The topological polar surface area (TPSA) is 87.9 Å². The summed E-state index contributed by atoms with van der Waals surface area (Å²) < 4.78 is 14.9. The zero-order valence-electron chi connectivity index (χ0n) is 12.1. The molecule has 0 aliphatic carbocycles. The number of carbonyl (C=O) groups excluding carboxylic acids is 2. The fourth-order valence-electron chi connectivity index (χ4n) is 1.39. The van der Waals surface area contributed by atoms with Gasteiger partial charge in [0, 0.05) is 0 Å². The fourth-order valence-corrected chi connectivity index (χ4v) is 1.39. The predicted octanol–water partition coefficient (Wildman–Crippen LogP) is 2.76. The molecule has 0 saturated heterocycles. The van der Waals surface area contributed by atoms with E-state index in [4.69, 9.17) is 15.2 Å². The lowest BCUT2D eigenvalue weighted by Crippen LogP contribution is -2.25. The Hall–Kier alpha value is -2.24. The van der Waals surface area contributed by atoms with E-state index < -0.39 is 17.7 Å². The van der Waals surface area contributed by atoms with E-state index >= 15 is 0 Å². The highest BCUT2D eigenvalue weighted by Gasteiger charge is 2.23. The van der Waals surface area contributed by atoms with Crippen LogP contribution in [0, 0.1) is 0 Å². The highest BCUT2D eigenvalue weighted by Crippen LogP contribution is 2.28. The predicted molar refractivity (Wildman–Crippen MR) is 73.7 cm³/mol. The van der Waals surface area contributed by atoms with Crippen LogP contribution in [0.3, 0.4) is 0 Å². The molecular formula is C14H19NO5. The van der Waals surface area contributed by atoms with Crippen LogP contribution in [0.15, 0.2) is 18.2 Å². The van der Waals surface area contributed by atoms with Crippen molar-refractivity contribution < 1.29 is 23.8 Å². The van der Waals surface area contributed by atoms with Crippen molar-refractivity contribution in [2.45, 2.75) is 33.3 Å². The van der Waals surface area contributed by atoms with Crippen molar-refractivity contribution in [1.29, 1.82) is 0 Å². The Morgan fingerprint density at radius 3 is 2.45 bits per heavy atom. The van der Waals surface area contributed by atoms with E-state index in [0.717, 1.165) is 0 Å². The summed E-state index contributed by atoms with van der Waals surface area (Å²) in [6, 6.07) is 4.56. The molecule has 20 heavy (non-hydrogen) atoms. The molecule has 0 heterocycles. The third-order valence-electron chi connectivity index (χ3n) is 2.11. The van der Waals surface area contributed by atoms with Gasteiger partial charge in [-0.2, -0.15) is 0 Å². The number of nitrogen functional groups attached to an aromatic ring is 1. The number of hydrogen-bond acceptors (Lipinski definition) is 6. The van der Waals surface area contributed by atoms with Crippen LogP contribution in [0.2, 0.25) is 0 Å². The second kappa shape index (κ2) is 6.27. The number of para-hydroxylation sites is 1. The molecule has 0 amide bonds. The number of nitrogens with two attached hydrogens (primary N) is 1. The fraction of sp³-hybridized carbons (Fsp3) is 0.429. The van der Waals surface area contributed by atoms with Crippen molar-refractivity contribution in [3.05, 3.63) is 23.8 Å². The van der Waals surface area contributed by atoms with Gasteiger partial charge in [-0.3, -0.25) is 0 Å². The molecule has 0 radical (unpaired) electrons. The van der Waals surface area contributed by atoms with Crippen molar-refractivity contribution >= 4 is 17.8 Å². The lowest BCUT2D eigenvalue weighted by molar-refractivity contribution is 0.00665. The lowest BCUT2D eigenvalue weighted by Gasteiger charge is -2.20. The Kier molecular flexibility index (Phi) is 4.96. The monoisotopic (exact) mass is 281 g/mol. The molecular weight excluding hydrogens is 262 g/mol. The molecule has 1 rings (SSSR count). The van der Waals surface area contributed by atoms with Crippen molar-refractivity contribution in [2.24, 2.45) is 0 Å². The van der Waals surface area contributed by atoms with Gasteiger partial charge in [-0.1, -0.05) is 6.07 Å². The van der Waals surface area contributed by atoms with Crippen LogP contribution < -0.4 is 10.5 Å². The second-order valence-electron chi connectivity index (χ2n) is 5.01. The Morgan fingerprint density at radius 1 is 1.25 bits per heavy atom. The average molecular weight is 281 g/mol. The van der Waals surface area contributed by atoms with E-state index in [0.29, 0.717) is 0 Å². The van der Waals surface area contributed by atoms with Gasteiger partial charge >= 0.3 is 12.1 Å². The van der Waals surface area contributed by atoms with Gasteiger partial charge in [0.1, 0.15) is 11.2 Å². The number of anilines is 1. The maximum atomic E-state index is 12.1.